The Labute approximate surface area is 109 Å². The van der Waals surface area contributed by atoms with Crippen molar-refractivity contribution in [2.75, 3.05) is 20.1 Å². The molecule has 0 N–H and O–H groups in total. The molecule has 1 fully saturated rings. The zero-order chi connectivity index (χ0) is 13.0. The summed E-state index contributed by atoms with van der Waals surface area (Å²) in [6.07, 6.45) is 1.43. The quantitative estimate of drug-likeness (QED) is 0.766. The molecule has 1 aliphatic rings. The van der Waals surface area contributed by atoms with Gasteiger partial charge in [-0.25, -0.2) is 0 Å². The van der Waals surface area contributed by atoms with Crippen molar-refractivity contribution in [3.8, 4) is 0 Å². The Bertz CT molecular complexity index is 391. The summed E-state index contributed by atoms with van der Waals surface area (Å²) in [6, 6.07) is 10.1. The van der Waals surface area contributed by atoms with Gasteiger partial charge in [0.2, 0.25) is 0 Å². The molecule has 2 rings (SSSR count). The number of rotatable bonds is 4. The molecule has 0 amide bonds. The van der Waals surface area contributed by atoms with Crippen LogP contribution in [0.5, 0.6) is 0 Å². The highest BCUT2D eigenvalue weighted by molar-refractivity contribution is 5.69. The van der Waals surface area contributed by atoms with Crippen molar-refractivity contribution in [3.05, 3.63) is 35.9 Å². The van der Waals surface area contributed by atoms with Crippen molar-refractivity contribution >= 4 is 5.97 Å². The Morgan fingerprint density at radius 2 is 2.17 bits per heavy atom. The molecule has 0 radical (unpaired) electrons. The highest BCUT2D eigenvalue weighted by Crippen LogP contribution is 2.32. The van der Waals surface area contributed by atoms with Crippen LogP contribution in [0.15, 0.2) is 30.3 Å². The van der Waals surface area contributed by atoms with E-state index in [1.165, 1.54) is 0 Å². The lowest BCUT2D eigenvalue weighted by Gasteiger charge is -2.24. The molecule has 98 valence electrons. The maximum atomic E-state index is 11.6. The lowest BCUT2D eigenvalue weighted by atomic mass is 9.95. The Kier molecular flexibility index (Phi) is 4.37. The van der Waals surface area contributed by atoms with E-state index in [-0.39, 0.29) is 12.1 Å². The SMILES string of the molecule is CCC(=O)O[C@H](c1ccccc1)[C@@H]1CCN(C)C1. The number of benzene rings is 1. The van der Waals surface area contributed by atoms with Gasteiger partial charge in [-0.3, -0.25) is 4.79 Å². The average molecular weight is 247 g/mol. The summed E-state index contributed by atoms with van der Waals surface area (Å²) < 4.78 is 5.65. The molecule has 0 bridgehead atoms. The number of hydrogen-bond acceptors (Lipinski definition) is 3. The van der Waals surface area contributed by atoms with E-state index in [2.05, 4.69) is 11.9 Å². The van der Waals surface area contributed by atoms with E-state index in [9.17, 15) is 4.79 Å². The Balaban J connectivity index is 2.15. The van der Waals surface area contributed by atoms with Crippen LogP contribution >= 0.6 is 0 Å². The van der Waals surface area contributed by atoms with Gasteiger partial charge in [0, 0.05) is 18.9 Å². The second kappa shape index (κ2) is 6.01. The fourth-order valence-electron chi connectivity index (χ4n) is 2.52. The molecule has 0 aliphatic carbocycles. The maximum Gasteiger partial charge on any atom is 0.306 e. The van der Waals surface area contributed by atoms with Crippen LogP contribution in [0.2, 0.25) is 0 Å². The first-order valence-corrected chi connectivity index (χ1v) is 6.63. The van der Waals surface area contributed by atoms with E-state index < -0.39 is 0 Å². The van der Waals surface area contributed by atoms with Gasteiger partial charge in [0.25, 0.3) is 0 Å². The van der Waals surface area contributed by atoms with Crippen molar-refractivity contribution in [3.63, 3.8) is 0 Å². The Morgan fingerprint density at radius 3 is 2.72 bits per heavy atom. The topological polar surface area (TPSA) is 29.5 Å². The minimum absolute atomic E-state index is 0.0939. The number of hydrogen-bond donors (Lipinski definition) is 0. The third-order valence-corrected chi connectivity index (χ3v) is 3.53. The molecular formula is C15H21NO2. The van der Waals surface area contributed by atoms with Gasteiger partial charge in [-0.05, 0) is 25.6 Å². The van der Waals surface area contributed by atoms with Crippen molar-refractivity contribution < 1.29 is 9.53 Å². The van der Waals surface area contributed by atoms with Gasteiger partial charge in [-0.1, -0.05) is 37.3 Å². The number of carbonyl (C=O) groups excluding carboxylic acids is 1. The lowest BCUT2D eigenvalue weighted by Crippen LogP contribution is -2.22. The zero-order valence-corrected chi connectivity index (χ0v) is 11.1. The van der Waals surface area contributed by atoms with E-state index in [0.717, 1.165) is 25.1 Å². The largest absolute Gasteiger partial charge is 0.457 e. The van der Waals surface area contributed by atoms with Gasteiger partial charge in [-0.15, -0.1) is 0 Å². The molecule has 0 aromatic heterocycles. The molecule has 18 heavy (non-hydrogen) atoms. The van der Waals surface area contributed by atoms with Gasteiger partial charge in [0.1, 0.15) is 6.10 Å². The molecular weight excluding hydrogens is 226 g/mol. The van der Waals surface area contributed by atoms with Crippen LogP contribution in [0, 0.1) is 5.92 Å². The van der Waals surface area contributed by atoms with Crippen molar-refractivity contribution in [1.29, 1.82) is 0 Å². The number of esters is 1. The normalized spacial score (nSPS) is 21.8. The molecule has 1 saturated heterocycles. The molecule has 1 aliphatic heterocycles. The number of nitrogens with zero attached hydrogens (tertiary/aromatic N) is 1. The van der Waals surface area contributed by atoms with Gasteiger partial charge < -0.3 is 9.64 Å². The fourth-order valence-corrected chi connectivity index (χ4v) is 2.52. The van der Waals surface area contributed by atoms with Crippen LogP contribution in [-0.2, 0) is 9.53 Å². The smallest absolute Gasteiger partial charge is 0.306 e. The third-order valence-electron chi connectivity index (χ3n) is 3.53. The van der Waals surface area contributed by atoms with Crippen LogP contribution in [0.1, 0.15) is 31.4 Å². The zero-order valence-electron chi connectivity index (χ0n) is 11.1. The number of carbonyl (C=O) groups is 1. The molecule has 0 spiro atoms. The minimum Gasteiger partial charge on any atom is -0.457 e. The second-order valence-electron chi connectivity index (χ2n) is 4.99. The summed E-state index contributed by atoms with van der Waals surface area (Å²) in [5.41, 5.74) is 1.11. The van der Waals surface area contributed by atoms with Gasteiger partial charge >= 0.3 is 5.97 Å². The summed E-state index contributed by atoms with van der Waals surface area (Å²) in [5.74, 6) is 0.298. The highest BCUT2D eigenvalue weighted by Gasteiger charge is 2.31. The molecule has 0 unspecified atom stereocenters. The van der Waals surface area contributed by atoms with Crippen molar-refractivity contribution in [2.24, 2.45) is 5.92 Å². The Morgan fingerprint density at radius 1 is 1.44 bits per heavy atom. The van der Waals surface area contributed by atoms with Gasteiger partial charge in [-0.2, -0.15) is 0 Å². The van der Waals surface area contributed by atoms with Crippen LogP contribution in [0.3, 0.4) is 0 Å². The van der Waals surface area contributed by atoms with Crippen LogP contribution in [0.25, 0.3) is 0 Å². The summed E-state index contributed by atoms with van der Waals surface area (Å²) in [4.78, 5) is 13.9. The maximum absolute atomic E-state index is 11.6. The minimum atomic E-state index is -0.113. The number of likely N-dealkylation sites (tertiary alicyclic amines) is 1. The molecule has 1 aromatic rings. The van der Waals surface area contributed by atoms with Crippen molar-refractivity contribution in [1.82, 2.24) is 4.90 Å². The van der Waals surface area contributed by atoms with E-state index in [4.69, 9.17) is 4.74 Å². The Hall–Kier alpha value is -1.35. The molecule has 3 nitrogen and oxygen atoms in total. The van der Waals surface area contributed by atoms with Crippen LogP contribution < -0.4 is 0 Å². The first-order chi connectivity index (χ1) is 8.70. The van der Waals surface area contributed by atoms with E-state index >= 15 is 0 Å². The molecule has 1 heterocycles. The predicted molar refractivity (Wildman–Crippen MR) is 71.2 cm³/mol. The molecule has 3 heteroatoms. The third kappa shape index (κ3) is 3.10. The monoisotopic (exact) mass is 247 g/mol. The van der Waals surface area contributed by atoms with Crippen molar-refractivity contribution in [2.45, 2.75) is 25.9 Å². The standard InChI is InChI=1S/C15H21NO2/c1-3-14(17)18-15(12-7-5-4-6-8-12)13-9-10-16(2)11-13/h4-8,13,15H,3,9-11H2,1-2H3/t13-,15-/m1/s1. The summed E-state index contributed by atoms with van der Waals surface area (Å²) >= 11 is 0. The molecule has 0 saturated carbocycles. The first-order valence-electron chi connectivity index (χ1n) is 6.63. The van der Waals surface area contributed by atoms with Crippen LogP contribution in [0.4, 0.5) is 0 Å². The van der Waals surface area contributed by atoms with E-state index in [0.29, 0.717) is 12.3 Å². The second-order valence-corrected chi connectivity index (χ2v) is 4.99. The average Bonchev–Trinajstić information content (AvgIpc) is 2.83. The molecule has 2 atom stereocenters. The molecule has 1 aromatic carbocycles. The fraction of sp³-hybridized carbons (Fsp3) is 0.533. The predicted octanol–water partition coefficient (Wildman–Crippen LogP) is 2.63. The summed E-state index contributed by atoms with van der Waals surface area (Å²) in [5, 5.41) is 0. The highest BCUT2D eigenvalue weighted by atomic mass is 16.5. The van der Waals surface area contributed by atoms with Gasteiger partial charge in [0.15, 0.2) is 0 Å². The first kappa shape index (κ1) is 13.1. The van der Waals surface area contributed by atoms with Crippen LogP contribution in [-0.4, -0.2) is 31.0 Å². The van der Waals surface area contributed by atoms with E-state index in [1.54, 1.807) is 0 Å². The summed E-state index contributed by atoms with van der Waals surface area (Å²) in [7, 11) is 2.11. The summed E-state index contributed by atoms with van der Waals surface area (Å²) in [6.45, 7) is 3.92. The number of ether oxygens (including phenoxy) is 1. The van der Waals surface area contributed by atoms with Gasteiger partial charge in [0.05, 0.1) is 0 Å². The van der Waals surface area contributed by atoms with E-state index in [1.807, 2.05) is 37.3 Å². The lowest BCUT2D eigenvalue weighted by molar-refractivity contribution is -0.151.